The molecule has 0 fully saturated rings. The van der Waals surface area contributed by atoms with Gasteiger partial charge in [-0.15, -0.1) is 0 Å². The van der Waals surface area contributed by atoms with E-state index in [1.807, 2.05) is 12.1 Å². The van der Waals surface area contributed by atoms with Gasteiger partial charge in [-0.25, -0.2) is 4.79 Å². The van der Waals surface area contributed by atoms with E-state index in [0.717, 1.165) is 24.9 Å². The first kappa shape index (κ1) is 12.6. The molecule has 0 saturated carbocycles. The van der Waals surface area contributed by atoms with Gasteiger partial charge in [0.05, 0.1) is 7.11 Å². The molecule has 1 rings (SSSR count). The number of nitrogens with one attached hydrogen (secondary N) is 1. The minimum Gasteiger partial charge on any atom is -0.453 e. The summed E-state index contributed by atoms with van der Waals surface area (Å²) < 4.78 is 4.61. The average Bonchev–Trinajstić information content (AvgIpc) is 2.31. The highest BCUT2D eigenvalue weighted by Gasteiger charge is 2.09. The van der Waals surface area contributed by atoms with E-state index in [1.165, 1.54) is 18.2 Å². The number of methoxy groups -OCH3 is 1. The Morgan fingerprint density at radius 3 is 2.69 bits per heavy atom. The monoisotopic (exact) mass is 221 g/mol. The van der Waals surface area contributed by atoms with Crippen molar-refractivity contribution in [2.75, 3.05) is 12.4 Å². The Labute approximate surface area is 96.8 Å². The van der Waals surface area contributed by atoms with Crippen LogP contribution in [0.5, 0.6) is 0 Å². The Balaban J connectivity index is 3.01. The normalized spacial score (nSPS) is 9.94. The first-order valence-electron chi connectivity index (χ1n) is 5.68. The fourth-order valence-corrected chi connectivity index (χ4v) is 1.79. The van der Waals surface area contributed by atoms with Crippen LogP contribution in [-0.2, 0) is 17.6 Å². The van der Waals surface area contributed by atoms with E-state index in [4.69, 9.17) is 0 Å². The number of hydrogen-bond acceptors (Lipinski definition) is 2. The maximum absolute atomic E-state index is 11.2. The Kier molecular flexibility index (Phi) is 4.83. The van der Waals surface area contributed by atoms with Crippen molar-refractivity contribution < 1.29 is 9.53 Å². The number of rotatable bonds is 4. The molecule has 3 heteroatoms. The number of aryl methyl sites for hydroxylation is 1. The van der Waals surface area contributed by atoms with Crippen LogP contribution in [0.1, 0.15) is 31.4 Å². The van der Waals surface area contributed by atoms with Gasteiger partial charge in [0.15, 0.2) is 0 Å². The van der Waals surface area contributed by atoms with Crippen LogP contribution in [-0.4, -0.2) is 13.2 Å². The molecular formula is C13H19NO2. The van der Waals surface area contributed by atoms with Crippen LogP contribution in [0.25, 0.3) is 0 Å². The van der Waals surface area contributed by atoms with Crippen LogP contribution in [0.15, 0.2) is 18.2 Å². The predicted molar refractivity (Wildman–Crippen MR) is 65.8 cm³/mol. The molecule has 1 aromatic carbocycles. The van der Waals surface area contributed by atoms with Gasteiger partial charge in [-0.3, -0.25) is 5.32 Å². The van der Waals surface area contributed by atoms with Gasteiger partial charge in [-0.2, -0.15) is 0 Å². The fraction of sp³-hybridized carbons (Fsp3) is 0.462. The number of amides is 1. The summed E-state index contributed by atoms with van der Waals surface area (Å²) in [7, 11) is 1.37. The van der Waals surface area contributed by atoms with Gasteiger partial charge < -0.3 is 4.74 Å². The van der Waals surface area contributed by atoms with Crippen molar-refractivity contribution in [1.29, 1.82) is 0 Å². The molecule has 0 atom stereocenters. The summed E-state index contributed by atoms with van der Waals surface area (Å²) in [5.74, 6) is 0. The number of ether oxygens (including phenoxy) is 1. The third-order valence-electron chi connectivity index (χ3n) is 2.58. The van der Waals surface area contributed by atoms with E-state index in [1.54, 1.807) is 0 Å². The van der Waals surface area contributed by atoms with E-state index in [-0.39, 0.29) is 0 Å². The first-order chi connectivity index (χ1) is 7.72. The molecule has 0 aliphatic heterocycles. The highest BCUT2D eigenvalue weighted by molar-refractivity contribution is 5.85. The van der Waals surface area contributed by atoms with E-state index < -0.39 is 6.09 Å². The smallest absolute Gasteiger partial charge is 0.411 e. The van der Waals surface area contributed by atoms with E-state index in [9.17, 15) is 4.79 Å². The minimum absolute atomic E-state index is 0.411. The molecule has 3 nitrogen and oxygen atoms in total. The third kappa shape index (κ3) is 2.99. The van der Waals surface area contributed by atoms with Crippen LogP contribution in [0, 0.1) is 0 Å². The molecular weight excluding hydrogens is 202 g/mol. The van der Waals surface area contributed by atoms with Crippen LogP contribution in [0.4, 0.5) is 10.5 Å². The fourth-order valence-electron chi connectivity index (χ4n) is 1.79. The number of carbonyl (C=O) groups excluding carboxylic acids is 1. The number of carbonyl (C=O) groups is 1. The van der Waals surface area contributed by atoms with Crippen LogP contribution < -0.4 is 5.32 Å². The highest BCUT2D eigenvalue weighted by atomic mass is 16.5. The third-order valence-corrected chi connectivity index (χ3v) is 2.58. The zero-order valence-corrected chi connectivity index (χ0v) is 10.2. The summed E-state index contributed by atoms with van der Waals surface area (Å²) >= 11 is 0. The summed E-state index contributed by atoms with van der Waals surface area (Å²) in [6.45, 7) is 4.25. The van der Waals surface area contributed by atoms with Crippen molar-refractivity contribution in [3.8, 4) is 0 Å². The predicted octanol–water partition coefficient (Wildman–Crippen LogP) is 3.38. The lowest BCUT2D eigenvalue weighted by atomic mass is 9.99. The maximum atomic E-state index is 11.2. The molecule has 0 unspecified atom stereocenters. The van der Waals surface area contributed by atoms with Gasteiger partial charge in [0.1, 0.15) is 0 Å². The van der Waals surface area contributed by atoms with Gasteiger partial charge in [-0.05, 0) is 30.0 Å². The SMILES string of the molecule is CCCc1c(CC)cccc1NC(=O)OC. The second-order valence-corrected chi connectivity index (χ2v) is 3.66. The van der Waals surface area contributed by atoms with E-state index >= 15 is 0 Å². The molecule has 16 heavy (non-hydrogen) atoms. The molecule has 88 valence electrons. The Morgan fingerprint density at radius 1 is 1.38 bits per heavy atom. The number of benzene rings is 1. The summed E-state index contributed by atoms with van der Waals surface area (Å²) in [6, 6.07) is 5.98. The summed E-state index contributed by atoms with van der Waals surface area (Å²) in [6.07, 6.45) is 2.60. The molecule has 0 bridgehead atoms. The van der Waals surface area contributed by atoms with Crippen LogP contribution >= 0.6 is 0 Å². The van der Waals surface area contributed by atoms with Crippen LogP contribution in [0.3, 0.4) is 0 Å². The van der Waals surface area contributed by atoms with Gasteiger partial charge >= 0.3 is 6.09 Å². The molecule has 0 heterocycles. The lowest BCUT2D eigenvalue weighted by molar-refractivity contribution is 0.187. The Morgan fingerprint density at radius 2 is 2.12 bits per heavy atom. The zero-order chi connectivity index (χ0) is 12.0. The van der Waals surface area contributed by atoms with Crippen molar-refractivity contribution in [3.05, 3.63) is 29.3 Å². The van der Waals surface area contributed by atoms with Gasteiger partial charge in [0.25, 0.3) is 0 Å². The topological polar surface area (TPSA) is 38.3 Å². The van der Waals surface area contributed by atoms with E-state index in [0.29, 0.717) is 0 Å². The molecule has 0 aliphatic rings. The van der Waals surface area contributed by atoms with Crippen LogP contribution in [0.2, 0.25) is 0 Å². The van der Waals surface area contributed by atoms with Gasteiger partial charge in [0, 0.05) is 5.69 Å². The summed E-state index contributed by atoms with van der Waals surface area (Å²) in [5, 5.41) is 2.76. The maximum Gasteiger partial charge on any atom is 0.411 e. The van der Waals surface area contributed by atoms with Crippen molar-refractivity contribution in [3.63, 3.8) is 0 Å². The van der Waals surface area contributed by atoms with Crippen molar-refractivity contribution >= 4 is 11.8 Å². The Bertz CT molecular complexity index is 361. The molecule has 1 N–H and O–H groups in total. The highest BCUT2D eigenvalue weighted by Crippen LogP contribution is 2.22. The van der Waals surface area contributed by atoms with Gasteiger partial charge in [0.2, 0.25) is 0 Å². The largest absolute Gasteiger partial charge is 0.453 e. The van der Waals surface area contributed by atoms with Crippen molar-refractivity contribution in [2.24, 2.45) is 0 Å². The first-order valence-corrected chi connectivity index (χ1v) is 5.68. The van der Waals surface area contributed by atoms with Crippen molar-refractivity contribution in [1.82, 2.24) is 0 Å². The quantitative estimate of drug-likeness (QED) is 0.846. The average molecular weight is 221 g/mol. The lowest BCUT2D eigenvalue weighted by Gasteiger charge is -2.13. The van der Waals surface area contributed by atoms with E-state index in [2.05, 4.69) is 30.0 Å². The number of hydrogen-bond donors (Lipinski definition) is 1. The Hall–Kier alpha value is -1.51. The molecule has 1 amide bonds. The lowest BCUT2D eigenvalue weighted by Crippen LogP contribution is -2.13. The summed E-state index contributed by atoms with van der Waals surface area (Å²) in [4.78, 5) is 11.2. The second kappa shape index (κ2) is 6.16. The molecule has 0 spiro atoms. The standard InChI is InChI=1S/C13H19NO2/c1-4-7-11-10(5-2)8-6-9-12(11)14-13(15)16-3/h6,8-9H,4-5,7H2,1-3H3,(H,14,15). The summed E-state index contributed by atoms with van der Waals surface area (Å²) in [5.41, 5.74) is 3.38. The van der Waals surface area contributed by atoms with Crippen molar-refractivity contribution in [2.45, 2.75) is 33.1 Å². The zero-order valence-electron chi connectivity index (χ0n) is 10.2. The molecule has 1 aromatic rings. The number of anilines is 1. The molecule has 0 aromatic heterocycles. The molecule has 0 saturated heterocycles. The van der Waals surface area contributed by atoms with Gasteiger partial charge in [-0.1, -0.05) is 32.4 Å². The minimum atomic E-state index is -0.411. The molecule has 0 aliphatic carbocycles. The molecule has 0 radical (unpaired) electrons. The second-order valence-electron chi connectivity index (χ2n) is 3.66.